The molecule has 0 radical (unpaired) electrons. The Hall–Kier alpha value is -2.86. The van der Waals surface area contributed by atoms with E-state index in [1.807, 2.05) is 55.6 Å². The first kappa shape index (κ1) is 18.5. The Morgan fingerprint density at radius 2 is 2.21 bits per heavy atom. The lowest BCUT2D eigenvalue weighted by Gasteiger charge is -2.18. The van der Waals surface area contributed by atoms with Crippen molar-refractivity contribution in [1.29, 1.82) is 0 Å². The van der Waals surface area contributed by atoms with E-state index in [-0.39, 0.29) is 18.1 Å². The SMILES string of the molecule is CC1(C)Cc2cccc(OCC(=O)NCc3ccnc(-c4ccsc4)c3)c2O1. The molecule has 5 nitrogen and oxygen atoms in total. The Morgan fingerprint density at radius 1 is 1.32 bits per heavy atom. The van der Waals surface area contributed by atoms with Gasteiger partial charge in [-0.3, -0.25) is 9.78 Å². The highest BCUT2D eigenvalue weighted by Crippen LogP contribution is 2.41. The van der Waals surface area contributed by atoms with E-state index < -0.39 is 0 Å². The van der Waals surface area contributed by atoms with Crippen LogP contribution in [-0.2, 0) is 17.8 Å². The van der Waals surface area contributed by atoms with Crippen molar-refractivity contribution in [3.05, 3.63) is 64.5 Å². The molecule has 144 valence electrons. The van der Waals surface area contributed by atoms with Crippen molar-refractivity contribution in [1.82, 2.24) is 10.3 Å². The van der Waals surface area contributed by atoms with E-state index in [0.29, 0.717) is 12.3 Å². The third-order valence-electron chi connectivity index (χ3n) is 4.54. The van der Waals surface area contributed by atoms with E-state index in [1.54, 1.807) is 17.5 Å². The van der Waals surface area contributed by atoms with Crippen LogP contribution >= 0.6 is 11.3 Å². The number of pyridine rings is 1. The van der Waals surface area contributed by atoms with Gasteiger partial charge in [0.25, 0.3) is 5.91 Å². The zero-order valence-electron chi connectivity index (χ0n) is 15.9. The van der Waals surface area contributed by atoms with E-state index in [1.165, 1.54) is 0 Å². The van der Waals surface area contributed by atoms with Crippen LogP contribution in [0.5, 0.6) is 11.5 Å². The number of ether oxygens (including phenoxy) is 2. The molecular formula is C22H22N2O3S. The molecule has 0 spiro atoms. The van der Waals surface area contributed by atoms with Gasteiger partial charge in [0.15, 0.2) is 18.1 Å². The van der Waals surface area contributed by atoms with Gasteiger partial charge in [-0.25, -0.2) is 0 Å². The van der Waals surface area contributed by atoms with Crippen molar-refractivity contribution in [2.24, 2.45) is 0 Å². The molecule has 0 fully saturated rings. The van der Waals surface area contributed by atoms with Gasteiger partial charge in [-0.05, 0) is 49.1 Å². The summed E-state index contributed by atoms with van der Waals surface area (Å²) in [6.45, 7) is 4.46. The van der Waals surface area contributed by atoms with Gasteiger partial charge in [0.05, 0.1) is 5.69 Å². The molecule has 1 amide bonds. The highest BCUT2D eigenvalue weighted by atomic mass is 32.1. The van der Waals surface area contributed by atoms with Crippen LogP contribution in [0.3, 0.4) is 0 Å². The van der Waals surface area contributed by atoms with Crippen molar-refractivity contribution in [2.45, 2.75) is 32.4 Å². The fourth-order valence-corrected chi connectivity index (χ4v) is 3.90. The van der Waals surface area contributed by atoms with Crippen molar-refractivity contribution in [2.75, 3.05) is 6.61 Å². The van der Waals surface area contributed by atoms with Gasteiger partial charge in [-0.15, -0.1) is 0 Å². The number of aromatic nitrogens is 1. The Bertz CT molecular complexity index is 983. The third-order valence-corrected chi connectivity index (χ3v) is 5.23. The number of hydrogen-bond donors (Lipinski definition) is 1. The van der Waals surface area contributed by atoms with Crippen molar-refractivity contribution in [3.63, 3.8) is 0 Å². The molecule has 4 rings (SSSR count). The summed E-state index contributed by atoms with van der Waals surface area (Å²) in [6, 6.07) is 11.7. The number of fused-ring (bicyclic) bond motifs is 1. The van der Waals surface area contributed by atoms with Crippen LogP contribution in [0.1, 0.15) is 25.0 Å². The summed E-state index contributed by atoms with van der Waals surface area (Å²) >= 11 is 1.63. The van der Waals surface area contributed by atoms with Gasteiger partial charge in [0.2, 0.25) is 0 Å². The first-order valence-corrected chi connectivity index (χ1v) is 10.1. The first-order valence-electron chi connectivity index (χ1n) is 9.18. The predicted octanol–water partition coefficient (Wildman–Crippen LogP) is 4.22. The number of benzene rings is 1. The summed E-state index contributed by atoms with van der Waals surface area (Å²) < 4.78 is 11.7. The average molecular weight is 394 g/mol. The maximum Gasteiger partial charge on any atom is 0.258 e. The molecule has 1 aliphatic heterocycles. The number of carbonyl (C=O) groups excluding carboxylic acids is 1. The van der Waals surface area contributed by atoms with Crippen molar-refractivity contribution < 1.29 is 14.3 Å². The topological polar surface area (TPSA) is 60.5 Å². The molecule has 1 aliphatic rings. The Kier molecular flexibility index (Phi) is 5.05. The number of amides is 1. The molecule has 0 unspecified atom stereocenters. The number of nitrogens with one attached hydrogen (secondary N) is 1. The molecule has 6 heteroatoms. The lowest BCUT2D eigenvalue weighted by atomic mass is 10.0. The lowest BCUT2D eigenvalue weighted by Crippen LogP contribution is -2.28. The second kappa shape index (κ2) is 7.64. The Morgan fingerprint density at radius 3 is 3.04 bits per heavy atom. The van der Waals surface area contributed by atoms with E-state index in [9.17, 15) is 4.79 Å². The van der Waals surface area contributed by atoms with Crippen LogP contribution in [-0.4, -0.2) is 23.1 Å². The van der Waals surface area contributed by atoms with E-state index in [2.05, 4.69) is 15.7 Å². The largest absolute Gasteiger partial charge is 0.483 e. The quantitative estimate of drug-likeness (QED) is 0.680. The summed E-state index contributed by atoms with van der Waals surface area (Å²) in [5.74, 6) is 1.18. The van der Waals surface area contributed by atoms with Crippen LogP contribution in [0.4, 0.5) is 0 Å². The summed E-state index contributed by atoms with van der Waals surface area (Å²) in [7, 11) is 0. The number of para-hydroxylation sites is 1. The highest BCUT2D eigenvalue weighted by molar-refractivity contribution is 7.08. The van der Waals surface area contributed by atoms with Gasteiger partial charge in [0.1, 0.15) is 5.60 Å². The minimum Gasteiger partial charge on any atom is -0.483 e. The Labute approximate surface area is 168 Å². The van der Waals surface area contributed by atoms with Crippen molar-refractivity contribution >= 4 is 17.2 Å². The minimum absolute atomic E-state index is 0.0529. The summed E-state index contributed by atoms with van der Waals surface area (Å²) in [6.07, 6.45) is 2.59. The van der Waals surface area contributed by atoms with E-state index in [4.69, 9.17) is 9.47 Å². The van der Waals surface area contributed by atoms with Crippen LogP contribution in [0.2, 0.25) is 0 Å². The fourth-order valence-electron chi connectivity index (χ4n) is 3.25. The molecule has 1 aromatic carbocycles. The molecule has 3 heterocycles. The molecule has 0 bridgehead atoms. The summed E-state index contributed by atoms with van der Waals surface area (Å²) in [5, 5.41) is 6.97. The first-order chi connectivity index (χ1) is 13.5. The molecule has 1 N–H and O–H groups in total. The van der Waals surface area contributed by atoms with Crippen molar-refractivity contribution in [3.8, 4) is 22.8 Å². The Balaban J connectivity index is 1.33. The van der Waals surface area contributed by atoms with E-state index >= 15 is 0 Å². The molecule has 2 aromatic heterocycles. The fraction of sp³-hybridized carbons (Fsp3) is 0.273. The van der Waals surface area contributed by atoms with Crippen LogP contribution in [0.15, 0.2) is 53.4 Å². The zero-order valence-corrected chi connectivity index (χ0v) is 16.7. The van der Waals surface area contributed by atoms with Gasteiger partial charge >= 0.3 is 0 Å². The number of nitrogens with zero attached hydrogens (tertiary/aromatic N) is 1. The predicted molar refractivity (Wildman–Crippen MR) is 110 cm³/mol. The molecule has 0 saturated carbocycles. The smallest absolute Gasteiger partial charge is 0.258 e. The normalized spacial score (nSPS) is 14.2. The maximum absolute atomic E-state index is 12.2. The average Bonchev–Trinajstić information content (AvgIpc) is 3.31. The summed E-state index contributed by atoms with van der Waals surface area (Å²) in [5.41, 5.74) is 3.85. The van der Waals surface area contributed by atoms with Crippen LogP contribution in [0.25, 0.3) is 11.3 Å². The van der Waals surface area contributed by atoms with E-state index in [0.717, 1.165) is 34.6 Å². The second-order valence-electron chi connectivity index (χ2n) is 7.41. The monoisotopic (exact) mass is 394 g/mol. The van der Waals surface area contributed by atoms with Gasteiger partial charge in [-0.2, -0.15) is 11.3 Å². The molecule has 0 atom stereocenters. The summed E-state index contributed by atoms with van der Waals surface area (Å²) in [4.78, 5) is 16.6. The van der Waals surface area contributed by atoms with Crippen LogP contribution in [0, 0.1) is 0 Å². The minimum atomic E-state index is -0.244. The highest BCUT2D eigenvalue weighted by Gasteiger charge is 2.32. The van der Waals surface area contributed by atoms with Crippen LogP contribution < -0.4 is 14.8 Å². The van der Waals surface area contributed by atoms with Gasteiger partial charge in [-0.1, -0.05) is 12.1 Å². The number of thiophene rings is 1. The molecule has 0 saturated heterocycles. The molecule has 28 heavy (non-hydrogen) atoms. The number of rotatable bonds is 6. The van der Waals surface area contributed by atoms with Gasteiger partial charge < -0.3 is 14.8 Å². The molecule has 0 aliphatic carbocycles. The third kappa shape index (κ3) is 4.17. The zero-order chi connectivity index (χ0) is 19.6. The standard InChI is InChI=1S/C22H22N2O3S/c1-22(2)11-16-4-3-5-19(21(16)27-22)26-13-20(25)24-12-15-6-8-23-18(10-15)17-7-9-28-14-17/h3-10,14H,11-13H2,1-2H3,(H,24,25). The number of carbonyl (C=O) groups is 1. The van der Waals surface area contributed by atoms with Gasteiger partial charge in [0, 0.05) is 35.7 Å². The molecule has 3 aromatic rings. The maximum atomic E-state index is 12.2. The number of hydrogen-bond acceptors (Lipinski definition) is 5. The molecular weight excluding hydrogens is 372 g/mol. The second-order valence-corrected chi connectivity index (χ2v) is 8.19. The lowest BCUT2D eigenvalue weighted by molar-refractivity contribution is -0.123.